The third-order valence-corrected chi connectivity index (χ3v) is 7.44. The Labute approximate surface area is 175 Å². The number of carbonyl (C=O) groups excluding carboxylic acids is 2. The van der Waals surface area contributed by atoms with Crippen molar-refractivity contribution in [2.75, 3.05) is 38.2 Å². The molecule has 2 heterocycles. The number of rotatable bonds is 5. The Bertz CT molecular complexity index is 1050. The SMILES string of the molecule is COc1cccc(N2C(=O)C[C@@H](N3CCN(S(=O)(=O)c4ccccc4)CC3)C2=O)c1. The number of anilines is 1. The van der Waals surface area contributed by atoms with Gasteiger partial charge in [0.25, 0.3) is 5.91 Å². The molecule has 0 spiro atoms. The van der Waals surface area contributed by atoms with Crippen LogP contribution in [0.4, 0.5) is 5.69 Å². The van der Waals surface area contributed by atoms with Gasteiger partial charge in [0.2, 0.25) is 15.9 Å². The predicted molar refractivity (Wildman–Crippen MR) is 111 cm³/mol. The molecule has 0 unspecified atom stereocenters. The van der Waals surface area contributed by atoms with E-state index in [1.54, 1.807) is 54.6 Å². The standard InChI is InChI=1S/C21H23N3O5S/c1-29-17-7-5-6-16(14-17)24-20(25)15-19(21(24)26)22-10-12-23(13-11-22)30(27,28)18-8-3-2-4-9-18/h2-9,14,19H,10-13,15H2,1H3/t19-/m1/s1. The lowest BCUT2D eigenvalue weighted by Gasteiger charge is -2.36. The van der Waals surface area contributed by atoms with Crippen LogP contribution in [-0.4, -0.2) is 68.8 Å². The monoisotopic (exact) mass is 429 g/mol. The van der Waals surface area contributed by atoms with Crippen molar-refractivity contribution in [3.05, 3.63) is 54.6 Å². The van der Waals surface area contributed by atoms with Crippen LogP contribution < -0.4 is 9.64 Å². The normalized spacial score (nSPS) is 21.2. The van der Waals surface area contributed by atoms with Gasteiger partial charge in [0.05, 0.1) is 30.2 Å². The molecule has 2 aliphatic heterocycles. The molecule has 2 aliphatic rings. The van der Waals surface area contributed by atoms with Gasteiger partial charge in [0, 0.05) is 32.2 Å². The molecule has 0 aliphatic carbocycles. The van der Waals surface area contributed by atoms with E-state index in [4.69, 9.17) is 4.74 Å². The molecular weight excluding hydrogens is 406 g/mol. The molecule has 2 aromatic carbocycles. The number of benzene rings is 2. The van der Waals surface area contributed by atoms with Crippen molar-refractivity contribution in [3.63, 3.8) is 0 Å². The van der Waals surface area contributed by atoms with Gasteiger partial charge in [0.15, 0.2) is 0 Å². The van der Waals surface area contributed by atoms with E-state index in [2.05, 4.69) is 0 Å². The van der Waals surface area contributed by atoms with Crippen LogP contribution >= 0.6 is 0 Å². The van der Waals surface area contributed by atoms with Gasteiger partial charge in [-0.1, -0.05) is 24.3 Å². The highest BCUT2D eigenvalue weighted by Gasteiger charge is 2.44. The Hall–Kier alpha value is -2.75. The van der Waals surface area contributed by atoms with Crippen molar-refractivity contribution in [2.45, 2.75) is 17.4 Å². The zero-order valence-electron chi connectivity index (χ0n) is 16.6. The first-order chi connectivity index (χ1) is 14.4. The van der Waals surface area contributed by atoms with Crippen LogP contribution in [0.15, 0.2) is 59.5 Å². The molecule has 2 amide bonds. The maximum atomic E-state index is 13.0. The second-order valence-corrected chi connectivity index (χ2v) is 9.18. The molecule has 0 aromatic heterocycles. The minimum Gasteiger partial charge on any atom is -0.497 e. The number of hydrogen-bond donors (Lipinski definition) is 0. The summed E-state index contributed by atoms with van der Waals surface area (Å²) in [5, 5.41) is 0. The van der Waals surface area contributed by atoms with Crippen LogP contribution in [0.3, 0.4) is 0 Å². The minimum atomic E-state index is -3.56. The van der Waals surface area contributed by atoms with Gasteiger partial charge in [-0.3, -0.25) is 14.5 Å². The number of sulfonamides is 1. The Morgan fingerprint density at radius 2 is 1.63 bits per heavy atom. The summed E-state index contributed by atoms with van der Waals surface area (Å²) >= 11 is 0. The summed E-state index contributed by atoms with van der Waals surface area (Å²) in [5.41, 5.74) is 0.483. The first-order valence-electron chi connectivity index (χ1n) is 9.72. The van der Waals surface area contributed by atoms with E-state index in [9.17, 15) is 18.0 Å². The lowest BCUT2D eigenvalue weighted by atomic mass is 10.2. The quantitative estimate of drug-likeness (QED) is 0.667. The van der Waals surface area contributed by atoms with Crippen LogP contribution in [0.25, 0.3) is 0 Å². The number of ether oxygens (including phenoxy) is 1. The Morgan fingerprint density at radius 1 is 0.933 bits per heavy atom. The molecule has 0 saturated carbocycles. The second kappa shape index (κ2) is 8.17. The zero-order chi connectivity index (χ0) is 21.3. The van der Waals surface area contributed by atoms with Gasteiger partial charge in [0.1, 0.15) is 5.75 Å². The van der Waals surface area contributed by atoms with Crippen molar-refractivity contribution in [1.82, 2.24) is 9.21 Å². The summed E-state index contributed by atoms with van der Waals surface area (Å²) in [5.74, 6) is 0.0153. The molecular formula is C21H23N3O5S. The highest BCUT2D eigenvalue weighted by Crippen LogP contribution is 2.29. The number of carbonyl (C=O) groups is 2. The summed E-state index contributed by atoms with van der Waals surface area (Å²) < 4.78 is 32.2. The summed E-state index contributed by atoms with van der Waals surface area (Å²) in [7, 11) is -2.04. The summed E-state index contributed by atoms with van der Waals surface area (Å²) in [6.45, 7) is 1.33. The van der Waals surface area contributed by atoms with E-state index in [0.29, 0.717) is 24.5 Å². The first-order valence-corrected chi connectivity index (χ1v) is 11.2. The largest absolute Gasteiger partial charge is 0.497 e. The highest BCUT2D eigenvalue weighted by molar-refractivity contribution is 7.89. The fraction of sp³-hybridized carbons (Fsp3) is 0.333. The van der Waals surface area contributed by atoms with Gasteiger partial charge < -0.3 is 4.74 Å². The Morgan fingerprint density at radius 3 is 2.30 bits per heavy atom. The molecule has 2 aromatic rings. The maximum absolute atomic E-state index is 13.0. The molecule has 9 heteroatoms. The molecule has 4 rings (SSSR count). The highest BCUT2D eigenvalue weighted by atomic mass is 32.2. The van der Waals surface area contributed by atoms with Crippen LogP contribution in [0.1, 0.15) is 6.42 Å². The van der Waals surface area contributed by atoms with Gasteiger partial charge in [-0.25, -0.2) is 13.3 Å². The molecule has 30 heavy (non-hydrogen) atoms. The smallest absolute Gasteiger partial charge is 0.251 e. The fourth-order valence-electron chi connectivity index (χ4n) is 3.92. The van der Waals surface area contributed by atoms with Crippen molar-refractivity contribution in [2.24, 2.45) is 0 Å². The molecule has 158 valence electrons. The average Bonchev–Trinajstić information content (AvgIpc) is 3.08. The van der Waals surface area contributed by atoms with Crippen molar-refractivity contribution in [3.8, 4) is 5.75 Å². The number of amides is 2. The number of methoxy groups -OCH3 is 1. The van der Waals surface area contributed by atoms with Gasteiger partial charge in [-0.15, -0.1) is 0 Å². The first kappa shape index (κ1) is 20.5. The molecule has 1 atom stereocenters. The van der Waals surface area contributed by atoms with Crippen LogP contribution in [0.5, 0.6) is 5.75 Å². The lowest BCUT2D eigenvalue weighted by molar-refractivity contribution is -0.123. The number of nitrogens with zero attached hydrogens (tertiary/aromatic N) is 3. The topological polar surface area (TPSA) is 87.2 Å². The summed E-state index contributed by atoms with van der Waals surface area (Å²) in [4.78, 5) is 28.9. The summed E-state index contributed by atoms with van der Waals surface area (Å²) in [6, 6.07) is 14.6. The van der Waals surface area contributed by atoms with E-state index in [-0.39, 0.29) is 36.2 Å². The van der Waals surface area contributed by atoms with Crippen LogP contribution in [0.2, 0.25) is 0 Å². The number of hydrogen-bond acceptors (Lipinski definition) is 6. The van der Waals surface area contributed by atoms with Gasteiger partial charge in [-0.2, -0.15) is 4.31 Å². The van der Waals surface area contributed by atoms with Crippen molar-refractivity contribution in [1.29, 1.82) is 0 Å². The van der Waals surface area contributed by atoms with Crippen LogP contribution in [-0.2, 0) is 19.6 Å². The van der Waals surface area contributed by atoms with Crippen molar-refractivity contribution >= 4 is 27.5 Å². The van der Waals surface area contributed by atoms with E-state index in [1.807, 2.05) is 4.90 Å². The maximum Gasteiger partial charge on any atom is 0.251 e. The predicted octanol–water partition coefficient (Wildman–Crippen LogP) is 1.33. The lowest BCUT2D eigenvalue weighted by Crippen LogP contribution is -2.53. The third kappa shape index (κ3) is 3.71. The molecule has 0 N–H and O–H groups in total. The zero-order valence-corrected chi connectivity index (χ0v) is 17.4. The molecule has 2 fully saturated rings. The average molecular weight is 429 g/mol. The number of imide groups is 1. The van der Waals surface area contributed by atoms with Crippen molar-refractivity contribution < 1.29 is 22.7 Å². The molecule has 0 bridgehead atoms. The third-order valence-electron chi connectivity index (χ3n) is 5.53. The Kier molecular flexibility index (Phi) is 5.59. The van der Waals surface area contributed by atoms with Crippen LogP contribution in [0, 0.1) is 0 Å². The van der Waals surface area contributed by atoms with E-state index in [1.165, 1.54) is 16.3 Å². The number of piperazine rings is 1. The molecule has 2 saturated heterocycles. The van der Waals surface area contributed by atoms with Gasteiger partial charge >= 0.3 is 0 Å². The van der Waals surface area contributed by atoms with E-state index >= 15 is 0 Å². The minimum absolute atomic E-state index is 0.0848. The summed E-state index contributed by atoms with van der Waals surface area (Å²) in [6.07, 6.45) is 0.0848. The fourth-order valence-corrected chi connectivity index (χ4v) is 5.36. The molecule has 0 radical (unpaired) electrons. The van der Waals surface area contributed by atoms with Gasteiger partial charge in [-0.05, 0) is 24.3 Å². The molecule has 8 nitrogen and oxygen atoms in total. The Balaban J connectivity index is 1.45. The van der Waals surface area contributed by atoms with E-state index < -0.39 is 16.1 Å². The second-order valence-electron chi connectivity index (χ2n) is 7.24. The van der Waals surface area contributed by atoms with E-state index in [0.717, 1.165) is 0 Å².